The number of hydrogen-bond donors (Lipinski definition) is 2. The lowest BCUT2D eigenvalue weighted by Crippen LogP contribution is -2.25. The van der Waals surface area contributed by atoms with E-state index in [4.69, 9.17) is 9.47 Å². The predicted molar refractivity (Wildman–Crippen MR) is 103 cm³/mol. The zero-order valence-electron chi connectivity index (χ0n) is 15.5. The number of benzene rings is 2. The topological polar surface area (TPSA) is 120 Å². The summed E-state index contributed by atoms with van der Waals surface area (Å²) in [7, 11) is -0.666. The first kappa shape index (κ1) is 19.9. The third-order valence-electron chi connectivity index (χ3n) is 4.32. The lowest BCUT2D eigenvalue weighted by molar-refractivity contribution is -0.384. The number of hydrogen-bond acceptors (Lipinski definition) is 7. The summed E-state index contributed by atoms with van der Waals surface area (Å²) in [5, 5.41) is 14.1. The van der Waals surface area contributed by atoms with Crippen LogP contribution in [-0.4, -0.2) is 33.6 Å². The Morgan fingerprint density at radius 2 is 1.79 bits per heavy atom. The Hall–Kier alpha value is -2.85. The minimum atomic E-state index is -3.62. The number of nitro benzene ring substituents is 1. The Kier molecular flexibility index (Phi) is 5.71. The number of nitrogens with one attached hydrogen (secondary N) is 2. The van der Waals surface area contributed by atoms with E-state index in [-0.39, 0.29) is 23.2 Å². The molecular formula is C18H21N3O6S. The number of methoxy groups -OCH3 is 2. The van der Waals surface area contributed by atoms with Crippen molar-refractivity contribution in [2.75, 3.05) is 19.5 Å². The van der Waals surface area contributed by atoms with E-state index in [0.29, 0.717) is 22.7 Å². The first-order chi connectivity index (χ1) is 13.3. The molecule has 10 heteroatoms. The third-order valence-corrected chi connectivity index (χ3v) is 5.84. The van der Waals surface area contributed by atoms with Gasteiger partial charge in [0.1, 0.15) is 11.5 Å². The maximum absolute atomic E-state index is 12.5. The van der Waals surface area contributed by atoms with Gasteiger partial charge in [0.15, 0.2) is 0 Å². The molecule has 28 heavy (non-hydrogen) atoms. The normalized spacial score (nSPS) is 13.8. The lowest BCUT2D eigenvalue weighted by Gasteiger charge is -2.15. The van der Waals surface area contributed by atoms with Gasteiger partial charge < -0.3 is 14.8 Å². The molecule has 1 aliphatic rings. The minimum absolute atomic E-state index is 0.00219. The highest BCUT2D eigenvalue weighted by molar-refractivity contribution is 7.89. The molecule has 1 saturated carbocycles. The molecule has 150 valence electrons. The average molecular weight is 407 g/mol. The van der Waals surface area contributed by atoms with Gasteiger partial charge in [-0.3, -0.25) is 10.1 Å². The van der Waals surface area contributed by atoms with Crippen molar-refractivity contribution in [3.8, 4) is 11.5 Å². The molecule has 3 rings (SSSR count). The second-order valence-electron chi connectivity index (χ2n) is 6.36. The summed E-state index contributed by atoms with van der Waals surface area (Å²) in [5.41, 5.74) is 0.951. The van der Waals surface area contributed by atoms with Gasteiger partial charge in [0.05, 0.1) is 29.7 Å². The van der Waals surface area contributed by atoms with E-state index < -0.39 is 14.9 Å². The minimum Gasteiger partial charge on any atom is -0.496 e. The first-order valence-corrected chi connectivity index (χ1v) is 10.1. The number of ether oxygens (including phenoxy) is 2. The van der Waals surface area contributed by atoms with E-state index in [1.54, 1.807) is 6.07 Å². The van der Waals surface area contributed by atoms with Crippen LogP contribution in [0.15, 0.2) is 41.3 Å². The number of nitrogens with zero attached hydrogens (tertiary/aromatic N) is 1. The summed E-state index contributed by atoms with van der Waals surface area (Å²) in [5.74, 6) is 0.936. The molecule has 0 aromatic heterocycles. The average Bonchev–Trinajstić information content (AvgIpc) is 3.49. The Labute approximate surface area is 162 Å². The molecule has 2 N–H and O–H groups in total. The molecule has 2 aromatic rings. The van der Waals surface area contributed by atoms with Crippen LogP contribution in [0.2, 0.25) is 0 Å². The molecule has 0 amide bonds. The molecular weight excluding hydrogens is 386 g/mol. The van der Waals surface area contributed by atoms with Crippen molar-refractivity contribution in [1.29, 1.82) is 0 Å². The van der Waals surface area contributed by atoms with E-state index in [0.717, 1.165) is 12.8 Å². The fourth-order valence-corrected chi connectivity index (χ4v) is 4.02. The smallest absolute Gasteiger partial charge is 0.270 e. The Balaban J connectivity index is 1.86. The van der Waals surface area contributed by atoms with Crippen molar-refractivity contribution in [2.45, 2.75) is 30.3 Å². The van der Waals surface area contributed by atoms with E-state index in [2.05, 4.69) is 10.0 Å². The Morgan fingerprint density at radius 1 is 1.11 bits per heavy atom. The summed E-state index contributed by atoms with van der Waals surface area (Å²) >= 11 is 0. The molecule has 0 unspecified atom stereocenters. The highest BCUT2D eigenvalue weighted by Crippen LogP contribution is 2.31. The molecule has 1 fully saturated rings. The predicted octanol–water partition coefficient (Wildman–Crippen LogP) is 2.66. The molecule has 2 aromatic carbocycles. The molecule has 9 nitrogen and oxygen atoms in total. The van der Waals surface area contributed by atoms with Gasteiger partial charge in [-0.25, -0.2) is 13.1 Å². The van der Waals surface area contributed by atoms with E-state index in [1.807, 2.05) is 0 Å². The fraction of sp³-hybridized carbons (Fsp3) is 0.333. The second kappa shape index (κ2) is 8.03. The Bertz CT molecular complexity index is 989. The summed E-state index contributed by atoms with van der Waals surface area (Å²) in [6.45, 7) is 0.181. The van der Waals surface area contributed by atoms with Crippen molar-refractivity contribution >= 4 is 21.4 Å². The van der Waals surface area contributed by atoms with Crippen LogP contribution in [0.5, 0.6) is 11.5 Å². The van der Waals surface area contributed by atoms with Crippen LogP contribution in [-0.2, 0) is 16.6 Å². The van der Waals surface area contributed by atoms with Gasteiger partial charge in [-0.1, -0.05) is 0 Å². The van der Waals surface area contributed by atoms with E-state index >= 15 is 0 Å². The zero-order valence-corrected chi connectivity index (χ0v) is 16.3. The standard InChI is InChI=1S/C18H21N3O6S/c1-26-17-7-5-14(21(22)23)9-12(17)11-19-16-10-15(6-8-18(16)27-2)28(24,25)20-13-3-4-13/h5-10,13,19-20H,3-4,11H2,1-2H3. The number of rotatable bonds is 9. The van der Waals surface area contributed by atoms with Crippen LogP contribution in [0.1, 0.15) is 18.4 Å². The molecule has 1 aliphatic carbocycles. The molecule has 0 aliphatic heterocycles. The number of non-ortho nitro benzene ring substituents is 1. The highest BCUT2D eigenvalue weighted by Gasteiger charge is 2.28. The van der Waals surface area contributed by atoms with Crippen LogP contribution < -0.4 is 19.5 Å². The molecule has 0 atom stereocenters. The van der Waals surface area contributed by atoms with Gasteiger partial charge in [-0.2, -0.15) is 0 Å². The van der Waals surface area contributed by atoms with Crippen LogP contribution in [0.3, 0.4) is 0 Å². The monoisotopic (exact) mass is 407 g/mol. The van der Waals surface area contributed by atoms with Crippen molar-refractivity contribution in [3.05, 3.63) is 52.1 Å². The molecule has 0 saturated heterocycles. The number of anilines is 1. The second-order valence-corrected chi connectivity index (χ2v) is 8.08. The van der Waals surface area contributed by atoms with Crippen LogP contribution in [0.4, 0.5) is 11.4 Å². The fourth-order valence-electron chi connectivity index (χ4n) is 2.69. The van der Waals surface area contributed by atoms with Crippen molar-refractivity contribution in [3.63, 3.8) is 0 Å². The van der Waals surface area contributed by atoms with Gasteiger partial charge in [0.25, 0.3) is 5.69 Å². The van der Waals surface area contributed by atoms with Gasteiger partial charge in [-0.05, 0) is 37.1 Å². The van der Waals surface area contributed by atoms with Gasteiger partial charge >= 0.3 is 0 Å². The highest BCUT2D eigenvalue weighted by atomic mass is 32.2. The molecule has 0 bridgehead atoms. The maximum atomic E-state index is 12.5. The molecule has 0 radical (unpaired) electrons. The van der Waals surface area contributed by atoms with Crippen molar-refractivity contribution in [1.82, 2.24) is 4.72 Å². The summed E-state index contributed by atoms with van der Waals surface area (Å²) in [4.78, 5) is 10.7. The van der Waals surface area contributed by atoms with E-state index in [1.165, 1.54) is 44.6 Å². The van der Waals surface area contributed by atoms with Crippen LogP contribution in [0.25, 0.3) is 0 Å². The Morgan fingerprint density at radius 3 is 2.39 bits per heavy atom. The molecule has 0 spiro atoms. The lowest BCUT2D eigenvalue weighted by atomic mass is 10.1. The van der Waals surface area contributed by atoms with Crippen LogP contribution >= 0.6 is 0 Å². The molecule has 0 heterocycles. The SMILES string of the molecule is COc1ccc([N+](=O)[O-])cc1CNc1cc(S(=O)(=O)NC2CC2)ccc1OC. The van der Waals surface area contributed by atoms with E-state index in [9.17, 15) is 18.5 Å². The third kappa shape index (κ3) is 4.52. The van der Waals surface area contributed by atoms with Crippen molar-refractivity contribution < 1.29 is 22.8 Å². The van der Waals surface area contributed by atoms with Crippen LogP contribution in [0, 0.1) is 10.1 Å². The zero-order chi connectivity index (χ0) is 20.3. The quantitative estimate of drug-likeness (QED) is 0.484. The summed E-state index contributed by atoms with van der Waals surface area (Å²) < 4.78 is 38.1. The summed E-state index contributed by atoms with van der Waals surface area (Å²) in [6.07, 6.45) is 1.68. The number of nitro groups is 1. The largest absolute Gasteiger partial charge is 0.496 e. The van der Waals surface area contributed by atoms with Crippen molar-refractivity contribution in [2.24, 2.45) is 0 Å². The van der Waals surface area contributed by atoms with Gasteiger partial charge in [-0.15, -0.1) is 0 Å². The number of sulfonamides is 1. The first-order valence-electron chi connectivity index (χ1n) is 8.59. The summed E-state index contributed by atoms with van der Waals surface area (Å²) in [6, 6.07) is 8.81. The van der Waals surface area contributed by atoms with Gasteiger partial charge in [0, 0.05) is 30.3 Å². The maximum Gasteiger partial charge on any atom is 0.270 e. The van der Waals surface area contributed by atoms with Gasteiger partial charge in [0.2, 0.25) is 10.0 Å².